The van der Waals surface area contributed by atoms with Crippen LogP contribution in [0, 0.1) is 0 Å². The van der Waals surface area contributed by atoms with E-state index in [0.717, 1.165) is 24.2 Å². The Balaban J connectivity index is 0.659. The van der Waals surface area contributed by atoms with E-state index in [0.29, 0.717) is 0 Å². The predicted molar refractivity (Wildman–Crippen MR) is 526 cm³/mol. The molecule has 23 rings (SSSR count). The van der Waals surface area contributed by atoms with E-state index in [-0.39, 0.29) is 0 Å². The van der Waals surface area contributed by atoms with E-state index in [1.54, 1.807) is 0 Å². The van der Waals surface area contributed by atoms with Gasteiger partial charge < -0.3 is 9.13 Å². The number of nitrogens with zero attached hydrogens (tertiary/aromatic N) is 2. The van der Waals surface area contributed by atoms with Crippen molar-refractivity contribution in [1.29, 1.82) is 0 Å². The Morgan fingerprint density at radius 2 is 0.434 bits per heavy atom. The van der Waals surface area contributed by atoms with Crippen LogP contribution in [0.3, 0.4) is 0 Å². The van der Waals surface area contributed by atoms with Crippen LogP contribution in [0.1, 0.15) is 22.3 Å². The first kappa shape index (κ1) is 72.8. The van der Waals surface area contributed by atoms with Crippen LogP contribution in [-0.2, 0) is 12.8 Å². The Hall–Kier alpha value is -14.4. The van der Waals surface area contributed by atoms with Crippen molar-refractivity contribution >= 4 is 159 Å². The number of para-hydroxylation sites is 3. The SMILES string of the molecule is c1ccc([Si](c2ccccc2)(c2ccccc2)c2cc(-n3c4ccccc4c4ccccc43)cc(-n3c4ccccc4c4cc(-c5ccc6c(c5)Cc5ccccc5[Si]65c6ccccc6Cc6cc(-c7ccc([Si](c8ccccc8)(c8ccccc8)c8cccc([Si](c9ccccc9)(c9ccccc9)c9ccccc9)c8)cc7)ccc65)ccc43)c2)cc1. The topological polar surface area (TPSA) is 9.86 Å². The predicted octanol–water partition coefficient (Wildman–Crippen LogP) is 16.5. The smallest absolute Gasteiger partial charge is 0.180 e. The highest BCUT2D eigenvalue weighted by molar-refractivity contribution is 7.23. The molecule has 4 heterocycles. The third-order valence-corrected chi connectivity index (χ3v) is 46.6. The molecule has 0 fully saturated rings. The molecule has 6 heteroatoms. The number of fused-ring (bicyclic) bond motifs is 14. The summed E-state index contributed by atoms with van der Waals surface area (Å²) in [5, 5.41) is 27.1. The Morgan fingerprint density at radius 1 is 0.164 bits per heavy atom. The van der Waals surface area contributed by atoms with Gasteiger partial charge >= 0.3 is 0 Å². The van der Waals surface area contributed by atoms with E-state index in [9.17, 15) is 0 Å². The second-order valence-corrected chi connectivity index (χ2v) is 48.3. The van der Waals surface area contributed by atoms with Crippen molar-refractivity contribution in [2.75, 3.05) is 0 Å². The average molecular weight is 1620 g/mol. The molecule has 2 nitrogen and oxygen atoms in total. The molecule has 1 atom stereocenters. The van der Waals surface area contributed by atoms with Gasteiger partial charge in [0, 0.05) is 32.9 Å². The van der Waals surface area contributed by atoms with Gasteiger partial charge in [0.05, 0.1) is 22.1 Å². The monoisotopic (exact) mass is 1620 g/mol. The van der Waals surface area contributed by atoms with Crippen molar-refractivity contribution in [2.45, 2.75) is 12.8 Å². The van der Waals surface area contributed by atoms with Crippen LogP contribution in [0.15, 0.2) is 485 Å². The quantitative estimate of drug-likeness (QED) is 0.0674. The molecule has 2 aromatic heterocycles. The molecule has 122 heavy (non-hydrogen) atoms. The molecule has 574 valence electrons. The van der Waals surface area contributed by atoms with Crippen molar-refractivity contribution < 1.29 is 0 Å². The van der Waals surface area contributed by atoms with Gasteiger partial charge in [-0.1, -0.05) is 437 Å². The molecule has 1 unspecified atom stereocenters. The zero-order valence-corrected chi connectivity index (χ0v) is 71.5. The number of hydrogen-bond acceptors (Lipinski definition) is 0. The van der Waals surface area contributed by atoms with Crippen LogP contribution in [0.25, 0.3) is 77.2 Å². The van der Waals surface area contributed by atoms with Gasteiger partial charge in [-0.05, 0) is 189 Å². The fourth-order valence-electron chi connectivity index (χ4n) is 22.0. The summed E-state index contributed by atoms with van der Waals surface area (Å²) in [4.78, 5) is 0. The molecule has 0 N–H and O–H groups in total. The standard InChI is InChI=1S/C116H84N2Si4/c1-9-38-93(39-10-1)119(94-40-11-2-12-41-94,95-42-13-3-14-43-95)102-54-35-55-103(82-102)120(96-44-15-4-16-45-96,97-46-17-5-18-47-97)101-69-64-83(65-70-101)84-67-72-115-89(74-84)76-87-36-25-33-62-113(87)122(115)114-63-34-26-37-88(114)77-90-75-85(68-73-116(90)122)86-66-71-112-108(78-86)107-58-29-32-61-111(107)118(112)92-79-91(117-109-59-30-27-56-105(109)106-57-28-31-60-110(106)117)80-104(81-92)121(98-48-19-6-20-49-98,99-50-21-7-22-51-99)100-52-23-8-24-53-100/h1-75,78-82H,76-77H2. The third-order valence-electron chi connectivity index (χ3n) is 27.1. The molecule has 0 aliphatic carbocycles. The van der Waals surface area contributed by atoms with Crippen LogP contribution >= 0.6 is 0 Å². The minimum Gasteiger partial charge on any atom is -0.309 e. The minimum atomic E-state index is -3.10. The van der Waals surface area contributed by atoms with Crippen LogP contribution in [0.5, 0.6) is 0 Å². The summed E-state index contributed by atoms with van der Waals surface area (Å²) < 4.78 is 5.08. The van der Waals surface area contributed by atoms with Crippen molar-refractivity contribution in [3.05, 3.63) is 508 Å². The summed E-state index contributed by atoms with van der Waals surface area (Å²) in [6, 6.07) is 187. The van der Waals surface area contributed by atoms with E-state index >= 15 is 0 Å². The molecule has 0 saturated heterocycles. The highest BCUT2D eigenvalue weighted by Gasteiger charge is 2.51. The number of hydrogen-bond donors (Lipinski definition) is 0. The minimum absolute atomic E-state index is 0.860. The van der Waals surface area contributed by atoms with Crippen LogP contribution < -0.4 is 83.0 Å². The third kappa shape index (κ3) is 11.3. The maximum absolute atomic E-state index is 3.10. The van der Waals surface area contributed by atoms with Crippen LogP contribution in [0.4, 0.5) is 0 Å². The van der Waals surface area contributed by atoms with Gasteiger partial charge in [0.1, 0.15) is 0 Å². The van der Waals surface area contributed by atoms with Gasteiger partial charge in [-0.25, -0.2) is 0 Å². The lowest BCUT2D eigenvalue weighted by molar-refractivity contribution is 1.14. The Labute approximate surface area is 716 Å². The molecule has 0 amide bonds. The van der Waals surface area contributed by atoms with Crippen molar-refractivity contribution in [1.82, 2.24) is 9.13 Å². The summed E-state index contributed by atoms with van der Waals surface area (Å²) in [6.07, 6.45) is 1.73. The molecule has 2 aliphatic heterocycles. The second kappa shape index (κ2) is 29.9. The van der Waals surface area contributed by atoms with Crippen molar-refractivity contribution in [3.63, 3.8) is 0 Å². The summed E-state index contributed by atoms with van der Waals surface area (Å²) in [5.41, 5.74) is 17.5. The molecule has 0 radical (unpaired) electrons. The van der Waals surface area contributed by atoms with Crippen molar-refractivity contribution in [2.24, 2.45) is 0 Å². The van der Waals surface area contributed by atoms with Gasteiger partial charge in [-0.2, -0.15) is 0 Å². The fraction of sp³-hybridized carbons (Fsp3) is 0.0172. The summed E-state index contributed by atoms with van der Waals surface area (Å²) in [6.45, 7) is 0. The van der Waals surface area contributed by atoms with E-state index in [4.69, 9.17) is 0 Å². The van der Waals surface area contributed by atoms with E-state index in [2.05, 4.69) is 494 Å². The van der Waals surface area contributed by atoms with Gasteiger partial charge in [0.2, 0.25) is 0 Å². The molecule has 19 aromatic carbocycles. The van der Waals surface area contributed by atoms with E-state index in [1.807, 2.05) is 0 Å². The molecule has 2 aliphatic rings. The lowest BCUT2D eigenvalue weighted by atomic mass is 9.97. The zero-order valence-electron chi connectivity index (χ0n) is 67.5. The van der Waals surface area contributed by atoms with E-state index < -0.39 is 32.3 Å². The summed E-state index contributed by atoms with van der Waals surface area (Å²) in [7, 11) is -12.1. The van der Waals surface area contributed by atoms with Gasteiger partial charge in [-0.3, -0.25) is 0 Å². The lowest BCUT2D eigenvalue weighted by Gasteiger charge is -2.45. The van der Waals surface area contributed by atoms with Crippen molar-refractivity contribution in [3.8, 4) is 33.6 Å². The second-order valence-electron chi connectivity index (χ2n) is 33.2. The summed E-state index contributed by atoms with van der Waals surface area (Å²) >= 11 is 0. The maximum atomic E-state index is 2.64. The normalized spacial score (nSPS) is 13.7. The van der Waals surface area contributed by atoms with Crippen LogP contribution in [0.2, 0.25) is 0 Å². The number of rotatable bonds is 16. The Bertz CT molecular complexity index is 7240. The number of benzene rings is 19. The highest BCUT2D eigenvalue weighted by atomic mass is 28.3. The van der Waals surface area contributed by atoms with Gasteiger partial charge in [0.25, 0.3) is 0 Å². The Kier molecular flexibility index (Phi) is 17.8. The molecular formula is C116H84N2Si4. The lowest BCUT2D eigenvalue weighted by Crippen LogP contribution is -2.79. The summed E-state index contributed by atoms with van der Waals surface area (Å²) in [5.74, 6) is 0. The molecular weight excluding hydrogens is 1530 g/mol. The fourth-order valence-corrected chi connectivity index (χ4v) is 42.2. The molecule has 0 saturated carbocycles. The zero-order chi connectivity index (χ0) is 80.8. The average Bonchev–Trinajstić information content (AvgIpc) is 1.02. The highest BCUT2D eigenvalue weighted by Crippen LogP contribution is 2.40. The number of aromatic nitrogens is 2. The first-order chi connectivity index (χ1) is 60.5. The molecule has 1 spiro atoms. The molecule has 0 bridgehead atoms. The first-order valence-electron chi connectivity index (χ1n) is 42.8. The maximum Gasteiger partial charge on any atom is 0.180 e. The Morgan fingerprint density at radius 3 is 0.820 bits per heavy atom. The largest absolute Gasteiger partial charge is 0.309 e. The van der Waals surface area contributed by atoms with Gasteiger partial charge in [0.15, 0.2) is 32.3 Å². The van der Waals surface area contributed by atoms with Crippen LogP contribution in [-0.4, -0.2) is 41.4 Å². The van der Waals surface area contributed by atoms with Gasteiger partial charge in [-0.15, -0.1) is 0 Å². The molecule has 21 aromatic rings. The van der Waals surface area contributed by atoms with E-state index in [1.165, 1.54) is 171 Å². The first-order valence-corrected chi connectivity index (χ1v) is 50.8.